The second-order valence-corrected chi connectivity index (χ2v) is 5.26. The Morgan fingerprint density at radius 2 is 2.15 bits per heavy atom. The molecule has 1 heterocycles. The fraction of sp³-hybridized carbons (Fsp3) is 0.562. The minimum absolute atomic E-state index is 0.0482. The normalized spacial score (nSPS) is 18.6. The number of nitrogens with zero attached hydrogens (tertiary/aromatic N) is 1. The summed E-state index contributed by atoms with van der Waals surface area (Å²) in [4.78, 5) is 14.1. The number of carbonyl (C=O) groups excluding carboxylic acids is 1. The lowest BCUT2D eigenvalue weighted by molar-refractivity contribution is -0.135. The third-order valence-corrected chi connectivity index (χ3v) is 3.64. The van der Waals surface area contributed by atoms with Crippen LogP contribution in [0.15, 0.2) is 30.3 Å². The molecule has 0 aliphatic carbocycles. The summed E-state index contributed by atoms with van der Waals surface area (Å²) in [5.41, 5.74) is 1.20. The third-order valence-electron chi connectivity index (χ3n) is 3.64. The van der Waals surface area contributed by atoms with Gasteiger partial charge in [-0.25, -0.2) is 0 Å². The Hall–Kier alpha value is -1.55. The molecule has 20 heavy (non-hydrogen) atoms. The Labute approximate surface area is 121 Å². The van der Waals surface area contributed by atoms with E-state index in [1.54, 1.807) is 0 Å². The molecule has 0 aromatic heterocycles. The molecule has 4 nitrogen and oxygen atoms in total. The number of hydrogen-bond acceptors (Lipinski definition) is 3. The lowest BCUT2D eigenvalue weighted by atomic mass is 10.1. The Balaban J connectivity index is 1.62. The topological polar surface area (TPSA) is 41.6 Å². The van der Waals surface area contributed by atoms with Crippen molar-refractivity contribution in [2.24, 2.45) is 0 Å². The molecule has 1 aliphatic heterocycles. The Morgan fingerprint density at radius 3 is 2.85 bits per heavy atom. The minimum atomic E-state index is -0.226. The lowest BCUT2D eigenvalue weighted by Crippen LogP contribution is -2.39. The summed E-state index contributed by atoms with van der Waals surface area (Å²) >= 11 is 0. The predicted molar refractivity (Wildman–Crippen MR) is 80.9 cm³/mol. The molecule has 1 fully saturated rings. The summed E-state index contributed by atoms with van der Waals surface area (Å²) in [6, 6.07) is 10.3. The highest BCUT2D eigenvalue weighted by atomic mass is 16.5. The van der Waals surface area contributed by atoms with E-state index in [0.29, 0.717) is 6.54 Å². The maximum Gasteiger partial charge on any atom is 0.249 e. The van der Waals surface area contributed by atoms with Crippen molar-refractivity contribution < 1.29 is 9.53 Å². The van der Waals surface area contributed by atoms with Crippen LogP contribution in [0.25, 0.3) is 0 Å². The summed E-state index contributed by atoms with van der Waals surface area (Å²) < 4.78 is 5.46. The SMILES string of the molecule is CN(CCCNC(=O)C1CCCCO1)c1ccccc1. The van der Waals surface area contributed by atoms with Crippen LogP contribution in [0, 0.1) is 0 Å². The maximum absolute atomic E-state index is 11.9. The summed E-state index contributed by atoms with van der Waals surface area (Å²) in [6.45, 7) is 2.35. The second-order valence-electron chi connectivity index (χ2n) is 5.26. The van der Waals surface area contributed by atoms with Crippen LogP contribution in [0.3, 0.4) is 0 Å². The molecule has 1 aromatic carbocycles. The average Bonchev–Trinajstić information content (AvgIpc) is 2.53. The zero-order chi connectivity index (χ0) is 14.2. The van der Waals surface area contributed by atoms with Crippen molar-refractivity contribution in [3.8, 4) is 0 Å². The highest BCUT2D eigenvalue weighted by molar-refractivity contribution is 5.80. The minimum Gasteiger partial charge on any atom is -0.375 e. The molecule has 0 radical (unpaired) electrons. The summed E-state index contributed by atoms with van der Waals surface area (Å²) in [5.74, 6) is 0.0482. The zero-order valence-electron chi connectivity index (χ0n) is 12.2. The number of benzene rings is 1. The molecule has 110 valence electrons. The number of rotatable bonds is 6. The first-order valence-electron chi connectivity index (χ1n) is 7.43. The molecular weight excluding hydrogens is 252 g/mol. The molecule has 0 saturated carbocycles. The van der Waals surface area contributed by atoms with Gasteiger partial charge in [-0.3, -0.25) is 4.79 Å². The highest BCUT2D eigenvalue weighted by Crippen LogP contribution is 2.13. The highest BCUT2D eigenvalue weighted by Gasteiger charge is 2.21. The smallest absolute Gasteiger partial charge is 0.249 e. The number of carbonyl (C=O) groups is 1. The maximum atomic E-state index is 11.9. The van der Waals surface area contributed by atoms with E-state index < -0.39 is 0 Å². The van der Waals surface area contributed by atoms with Crippen molar-refractivity contribution in [1.82, 2.24) is 5.32 Å². The van der Waals surface area contributed by atoms with E-state index in [9.17, 15) is 4.79 Å². The van der Waals surface area contributed by atoms with Gasteiger partial charge in [0.2, 0.25) is 5.91 Å². The van der Waals surface area contributed by atoms with Gasteiger partial charge in [0.25, 0.3) is 0 Å². The van der Waals surface area contributed by atoms with Crippen molar-refractivity contribution in [3.05, 3.63) is 30.3 Å². The fourth-order valence-corrected chi connectivity index (χ4v) is 2.40. The molecule has 1 aromatic rings. The van der Waals surface area contributed by atoms with E-state index in [2.05, 4.69) is 29.4 Å². The first-order chi connectivity index (χ1) is 9.77. The van der Waals surface area contributed by atoms with Gasteiger partial charge in [0.05, 0.1) is 0 Å². The predicted octanol–water partition coefficient (Wildman–Crippen LogP) is 2.20. The number of hydrogen-bond donors (Lipinski definition) is 1. The van der Waals surface area contributed by atoms with Gasteiger partial charge in [0, 0.05) is 32.4 Å². The van der Waals surface area contributed by atoms with E-state index in [4.69, 9.17) is 4.74 Å². The van der Waals surface area contributed by atoms with Gasteiger partial charge in [-0.05, 0) is 37.8 Å². The van der Waals surface area contributed by atoms with E-state index in [-0.39, 0.29) is 12.0 Å². The standard InChI is InChI=1S/C16H24N2O2/c1-18(14-8-3-2-4-9-14)12-7-11-17-16(19)15-10-5-6-13-20-15/h2-4,8-9,15H,5-7,10-13H2,1H3,(H,17,19). The van der Waals surface area contributed by atoms with Crippen molar-refractivity contribution in [1.29, 1.82) is 0 Å². The first-order valence-corrected chi connectivity index (χ1v) is 7.43. The molecule has 1 amide bonds. The summed E-state index contributed by atoms with van der Waals surface area (Å²) in [5, 5.41) is 2.97. The molecule has 0 bridgehead atoms. The van der Waals surface area contributed by atoms with Crippen molar-refractivity contribution in [2.75, 3.05) is 31.6 Å². The molecule has 1 saturated heterocycles. The van der Waals surface area contributed by atoms with Crippen LogP contribution in [0.5, 0.6) is 0 Å². The first kappa shape index (κ1) is 14.9. The summed E-state index contributed by atoms with van der Waals surface area (Å²) in [6.07, 6.45) is 3.73. The van der Waals surface area contributed by atoms with E-state index in [0.717, 1.165) is 38.8 Å². The van der Waals surface area contributed by atoms with Gasteiger partial charge in [-0.2, -0.15) is 0 Å². The number of amides is 1. The van der Waals surface area contributed by atoms with Gasteiger partial charge in [0.1, 0.15) is 6.10 Å². The van der Waals surface area contributed by atoms with E-state index >= 15 is 0 Å². The summed E-state index contributed by atoms with van der Waals surface area (Å²) in [7, 11) is 2.07. The van der Waals surface area contributed by atoms with Crippen LogP contribution in [0.4, 0.5) is 5.69 Å². The second kappa shape index (κ2) is 7.90. The number of nitrogens with one attached hydrogen (secondary N) is 1. The molecule has 0 spiro atoms. The molecule has 1 aliphatic rings. The molecule has 2 rings (SSSR count). The average molecular weight is 276 g/mol. The van der Waals surface area contributed by atoms with Gasteiger partial charge in [-0.1, -0.05) is 18.2 Å². The quantitative estimate of drug-likeness (QED) is 0.810. The largest absolute Gasteiger partial charge is 0.375 e. The third kappa shape index (κ3) is 4.53. The molecule has 1 unspecified atom stereocenters. The fourth-order valence-electron chi connectivity index (χ4n) is 2.40. The van der Waals surface area contributed by atoms with Crippen LogP contribution in [0.1, 0.15) is 25.7 Å². The Bertz CT molecular complexity index is 402. The molecular formula is C16H24N2O2. The molecule has 1 atom stereocenters. The van der Waals surface area contributed by atoms with Crippen LogP contribution >= 0.6 is 0 Å². The zero-order valence-corrected chi connectivity index (χ0v) is 12.2. The van der Waals surface area contributed by atoms with E-state index in [1.807, 2.05) is 18.2 Å². The molecule has 1 N–H and O–H groups in total. The van der Waals surface area contributed by atoms with Crippen molar-refractivity contribution >= 4 is 11.6 Å². The van der Waals surface area contributed by atoms with Gasteiger partial charge in [-0.15, -0.1) is 0 Å². The van der Waals surface area contributed by atoms with Gasteiger partial charge in [0.15, 0.2) is 0 Å². The Kier molecular flexibility index (Phi) is 5.87. The van der Waals surface area contributed by atoms with Crippen molar-refractivity contribution in [2.45, 2.75) is 31.8 Å². The van der Waals surface area contributed by atoms with E-state index in [1.165, 1.54) is 5.69 Å². The number of ether oxygens (including phenoxy) is 1. The number of anilines is 1. The van der Waals surface area contributed by atoms with Gasteiger partial charge >= 0.3 is 0 Å². The molecule has 4 heteroatoms. The lowest BCUT2D eigenvalue weighted by Gasteiger charge is -2.22. The van der Waals surface area contributed by atoms with Crippen LogP contribution in [-0.2, 0) is 9.53 Å². The number of para-hydroxylation sites is 1. The van der Waals surface area contributed by atoms with Crippen LogP contribution < -0.4 is 10.2 Å². The van der Waals surface area contributed by atoms with Crippen molar-refractivity contribution in [3.63, 3.8) is 0 Å². The Morgan fingerprint density at radius 1 is 1.35 bits per heavy atom. The van der Waals surface area contributed by atoms with Gasteiger partial charge < -0.3 is 15.0 Å². The van der Waals surface area contributed by atoms with Crippen LogP contribution in [0.2, 0.25) is 0 Å². The monoisotopic (exact) mass is 276 g/mol. The van der Waals surface area contributed by atoms with Crippen LogP contribution in [-0.4, -0.2) is 38.8 Å².